The molecule has 1 aliphatic heterocycles. The van der Waals surface area contributed by atoms with Crippen LogP contribution in [-0.2, 0) is 13.1 Å². The van der Waals surface area contributed by atoms with E-state index in [1.807, 2.05) is 0 Å². The molecule has 24 heavy (non-hydrogen) atoms. The molecule has 128 valence electrons. The predicted octanol–water partition coefficient (Wildman–Crippen LogP) is 4.05. The van der Waals surface area contributed by atoms with Crippen LogP contribution in [0.15, 0.2) is 30.3 Å². The van der Waals surface area contributed by atoms with Crippen molar-refractivity contribution in [2.24, 2.45) is 0 Å². The maximum Gasteiger partial charge on any atom is 0.111 e. The molecule has 4 rings (SSSR count). The van der Waals surface area contributed by atoms with E-state index in [1.54, 1.807) is 0 Å². The third-order valence-electron chi connectivity index (χ3n) is 4.33. The molecular formula is C18H22Cl2N4. The Morgan fingerprint density at radius 3 is 2.71 bits per heavy atom. The second-order valence-corrected chi connectivity index (χ2v) is 6.12. The average Bonchev–Trinajstić information content (AvgIpc) is 2.79. The van der Waals surface area contributed by atoms with Crippen molar-refractivity contribution in [1.82, 2.24) is 20.1 Å². The molecule has 0 radical (unpaired) electrons. The lowest BCUT2D eigenvalue weighted by atomic mass is 10.1. The second-order valence-electron chi connectivity index (χ2n) is 6.12. The highest BCUT2D eigenvalue weighted by Crippen LogP contribution is 2.25. The highest BCUT2D eigenvalue weighted by Gasteiger charge is 2.14. The van der Waals surface area contributed by atoms with E-state index >= 15 is 0 Å². The fourth-order valence-electron chi connectivity index (χ4n) is 3.13. The molecule has 3 heterocycles. The maximum absolute atomic E-state index is 4.82. The highest BCUT2D eigenvalue weighted by atomic mass is 35.5. The molecular weight excluding hydrogens is 343 g/mol. The molecule has 2 aromatic heterocycles. The summed E-state index contributed by atoms with van der Waals surface area (Å²) in [6.45, 7) is 7.19. The van der Waals surface area contributed by atoms with E-state index in [0.29, 0.717) is 0 Å². The zero-order chi connectivity index (χ0) is 15.1. The Balaban J connectivity index is 0.00000104. The Hall–Kier alpha value is -1.62. The van der Waals surface area contributed by atoms with E-state index in [4.69, 9.17) is 10.1 Å². The average molecular weight is 365 g/mol. The van der Waals surface area contributed by atoms with Crippen LogP contribution in [-0.4, -0.2) is 21.3 Å². The van der Waals surface area contributed by atoms with Gasteiger partial charge in [-0.05, 0) is 56.6 Å². The first-order valence-electron chi connectivity index (χ1n) is 7.86. The van der Waals surface area contributed by atoms with Crippen LogP contribution in [0.3, 0.4) is 0 Å². The van der Waals surface area contributed by atoms with Gasteiger partial charge in [-0.15, -0.1) is 24.8 Å². The zero-order valence-corrected chi connectivity index (χ0v) is 15.5. The molecule has 4 nitrogen and oxygen atoms in total. The number of halogens is 2. The molecule has 0 saturated carbocycles. The summed E-state index contributed by atoms with van der Waals surface area (Å²) in [5.74, 6) is 0. The largest absolute Gasteiger partial charge is 0.311 e. The molecule has 0 fully saturated rings. The number of nitrogens with one attached hydrogen (secondary N) is 1. The molecule has 0 amide bonds. The van der Waals surface area contributed by atoms with Gasteiger partial charge in [0.25, 0.3) is 0 Å². The lowest BCUT2D eigenvalue weighted by Crippen LogP contribution is -2.11. The summed E-state index contributed by atoms with van der Waals surface area (Å²) in [4.78, 5) is 4.82. The van der Waals surface area contributed by atoms with Gasteiger partial charge in [0, 0.05) is 18.5 Å². The predicted molar refractivity (Wildman–Crippen MR) is 103 cm³/mol. The molecule has 6 heteroatoms. The van der Waals surface area contributed by atoms with Crippen LogP contribution in [0.2, 0.25) is 0 Å². The topological polar surface area (TPSA) is 42.7 Å². The first-order chi connectivity index (χ1) is 10.7. The maximum atomic E-state index is 4.82. The number of pyridine rings is 1. The summed E-state index contributed by atoms with van der Waals surface area (Å²) >= 11 is 0. The zero-order valence-electron chi connectivity index (χ0n) is 13.9. The minimum absolute atomic E-state index is 0. The molecule has 0 saturated heterocycles. The Labute approximate surface area is 154 Å². The summed E-state index contributed by atoms with van der Waals surface area (Å²) < 4.78 is 2.12. The van der Waals surface area contributed by atoms with Crippen molar-refractivity contribution in [2.75, 3.05) is 6.54 Å². The van der Waals surface area contributed by atoms with Crippen LogP contribution in [0.1, 0.15) is 23.2 Å². The van der Waals surface area contributed by atoms with Crippen LogP contribution in [0.25, 0.3) is 22.3 Å². The molecule has 0 atom stereocenters. The van der Waals surface area contributed by atoms with Gasteiger partial charge in [-0.2, -0.15) is 5.10 Å². The molecule has 0 aliphatic carbocycles. The standard InChI is InChI=1S/C18H20N4.2ClH/c1-12-4-5-16-15(8-12)13(2)9-17(20-16)18-10-14-11-19-6-3-7-22(14)21-18;;/h4-5,8-10,19H,3,6-7,11H2,1-2H3;2*1H. The lowest BCUT2D eigenvalue weighted by molar-refractivity contribution is 0.589. The van der Waals surface area contributed by atoms with E-state index in [9.17, 15) is 0 Å². The Morgan fingerprint density at radius 1 is 1.04 bits per heavy atom. The van der Waals surface area contributed by atoms with Gasteiger partial charge in [-0.3, -0.25) is 4.68 Å². The minimum Gasteiger partial charge on any atom is -0.311 e. The number of hydrogen-bond donors (Lipinski definition) is 1. The van der Waals surface area contributed by atoms with Gasteiger partial charge in [0.15, 0.2) is 0 Å². The summed E-state index contributed by atoms with van der Waals surface area (Å²) in [5.41, 5.74) is 6.76. The molecule has 0 spiro atoms. The van der Waals surface area contributed by atoms with Crippen molar-refractivity contribution >= 4 is 35.7 Å². The van der Waals surface area contributed by atoms with E-state index in [0.717, 1.165) is 43.0 Å². The van der Waals surface area contributed by atoms with Crippen LogP contribution in [0.4, 0.5) is 0 Å². The van der Waals surface area contributed by atoms with Gasteiger partial charge in [-0.1, -0.05) is 11.6 Å². The van der Waals surface area contributed by atoms with E-state index in [-0.39, 0.29) is 24.8 Å². The fourth-order valence-corrected chi connectivity index (χ4v) is 3.13. The number of hydrogen-bond acceptors (Lipinski definition) is 3. The van der Waals surface area contributed by atoms with Crippen molar-refractivity contribution in [3.8, 4) is 11.4 Å². The third-order valence-corrected chi connectivity index (χ3v) is 4.33. The van der Waals surface area contributed by atoms with Crippen LogP contribution in [0.5, 0.6) is 0 Å². The highest BCUT2D eigenvalue weighted by molar-refractivity contribution is 5.86. The first-order valence-corrected chi connectivity index (χ1v) is 7.86. The molecule has 0 unspecified atom stereocenters. The van der Waals surface area contributed by atoms with Gasteiger partial charge in [0.05, 0.1) is 16.9 Å². The summed E-state index contributed by atoms with van der Waals surface area (Å²) in [6, 6.07) is 10.7. The van der Waals surface area contributed by atoms with Crippen LogP contribution in [0, 0.1) is 13.8 Å². The normalized spacial score (nSPS) is 13.6. The van der Waals surface area contributed by atoms with Gasteiger partial charge in [0.1, 0.15) is 5.69 Å². The number of fused-ring (bicyclic) bond motifs is 2. The Morgan fingerprint density at radius 2 is 1.88 bits per heavy atom. The van der Waals surface area contributed by atoms with Crippen molar-refractivity contribution in [3.63, 3.8) is 0 Å². The number of aryl methyl sites for hydroxylation is 3. The van der Waals surface area contributed by atoms with E-state index in [1.165, 1.54) is 22.2 Å². The van der Waals surface area contributed by atoms with Crippen LogP contribution < -0.4 is 5.32 Å². The number of nitrogens with zero attached hydrogens (tertiary/aromatic N) is 3. The molecule has 1 aromatic carbocycles. The quantitative estimate of drug-likeness (QED) is 0.708. The molecule has 1 N–H and O–H groups in total. The fraction of sp³-hybridized carbons (Fsp3) is 0.333. The minimum atomic E-state index is 0. The Kier molecular flexibility index (Phi) is 5.86. The van der Waals surface area contributed by atoms with Gasteiger partial charge in [-0.25, -0.2) is 4.98 Å². The van der Waals surface area contributed by atoms with Crippen molar-refractivity contribution in [3.05, 3.63) is 47.2 Å². The lowest BCUT2D eigenvalue weighted by Gasteiger charge is -2.06. The summed E-state index contributed by atoms with van der Waals surface area (Å²) in [6.07, 6.45) is 1.12. The Bertz CT molecular complexity index is 834. The summed E-state index contributed by atoms with van der Waals surface area (Å²) in [5, 5.41) is 9.42. The van der Waals surface area contributed by atoms with E-state index < -0.39 is 0 Å². The smallest absolute Gasteiger partial charge is 0.111 e. The molecule has 0 bridgehead atoms. The monoisotopic (exact) mass is 364 g/mol. The third kappa shape index (κ3) is 3.41. The second kappa shape index (κ2) is 7.51. The van der Waals surface area contributed by atoms with Crippen molar-refractivity contribution in [1.29, 1.82) is 0 Å². The van der Waals surface area contributed by atoms with Crippen molar-refractivity contribution < 1.29 is 0 Å². The number of aromatic nitrogens is 3. The van der Waals surface area contributed by atoms with Crippen LogP contribution >= 0.6 is 24.8 Å². The molecule has 3 aromatic rings. The number of rotatable bonds is 1. The summed E-state index contributed by atoms with van der Waals surface area (Å²) in [7, 11) is 0. The van der Waals surface area contributed by atoms with Gasteiger partial charge in [0.2, 0.25) is 0 Å². The first kappa shape index (κ1) is 18.7. The SMILES string of the molecule is Cc1ccc2nc(-c3cc4n(n3)CCCNC4)cc(C)c2c1.Cl.Cl. The van der Waals surface area contributed by atoms with Crippen molar-refractivity contribution in [2.45, 2.75) is 33.4 Å². The van der Waals surface area contributed by atoms with E-state index in [2.05, 4.69) is 54.2 Å². The number of benzene rings is 1. The van der Waals surface area contributed by atoms with Gasteiger partial charge < -0.3 is 5.32 Å². The molecule has 1 aliphatic rings. The van der Waals surface area contributed by atoms with Gasteiger partial charge >= 0.3 is 0 Å².